The SMILES string of the molecule is OCC(NCc1ccccc1)c1ccc(Br)cc1F. The van der Waals surface area contributed by atoms with E-state index in [1.807, 2.05) is 30.3 Å². The zero-order valence-corrected chi connectivity index (χ0v) is 11.9. The number of halogens is 2. The van der Waals surface area contributed by atoms with Gasteiger partial charge in [0.1, 0.15) is 5.82 Å². The van der Waals surface area contributed by atoms with E-state index >= 15 is 0 Å². The molecule has 0 heterocycles. The van der Waals surface area contributed by atoms with Crippen LogP contribution in [0.3, 0.4) is 0 Å². The highest BCUT2D eigenvalue weighted by Gasteiger charge is 2.14. The zero-order valence-electron chi connectivity index (χ0n) is 10.3. The molecule has 19 heavy (non-hydrogen) atoms. The largest absolute Gasteiger partial charge is 0.394 e. The predicted molar refractivity (Wildman–Crippen MR) is 77.2 cm³/mol. The Morgan fingerprint density at radius 2 is 1.89 bits per heavy atom. The summed E-state index contributed by atoms with van der Waals surface area (Å²) >= 11 is 3.22. The average molecular weight is 324 g/mol. The van der Waals surface area contributed by atoms with Crippen LogP contribution >= 0.6 is 15.9 Å². The molecule has 0 aliphatic rings. The monoisotopic (exact) mass is 323 g/mol. The molecular weight excluding hydrogens is 309 g/mol. The first-order chi connectivity index (χ1) is 9.20. The van der Waals surface area contributed by atoms with E-state index in [2.05, 4.69) is 21.2 Å². The summed E-state index contributed by atoms with van der Waals surface area (Å²) in [4.78, 5) is 0. The van der Waals surface area contributed by atoms with E-state index in [-0.39, 0.29) is 12.4 Å². The van der Waals surface area contributed by atoms with Crippen molar-refractivity contribution in [1.82, 2.24) is 5.32 Å². The maximum Gasteiger partial charge on any atom is 0.129 e. The lowest BCUT2D eigenvalue weighted by Gasteiger charge is -2.17. The van der Waals surface area contributed by atoms with Crippen LogP contribution in [0.25, 0.3) is 0 Å². The van der Waals surface area contributed by atoms with Gasteiger partial charge < -0.3 is 10.4 Å². The number of aliphatic hydroxyl groups excluding tert-OH is 1. The molecule has 2 N–H and O–H groups in total. The van der Waals surface area contributed by atoms with Gasteiger partial charge in [-0.05, 0) is 17.7 Å². The van der Waals surface area contributed by atoms with Crippen LogP contribution in [0.2, 0.25) is 0 Å². The van der Waals surface area contributed by atoms with Crippen LogP contribution in [0.4, 0.5) is 4.39 Å². The van der Waals surface area contributed by atoms with Crippen molar-refractivity contribution in [3.8, 4) is 0 Å². The first kappa shape index (κ1) is 14.2. The van der Waals surface area contributed by atoms with E-state index in [0.717, 1.165) is 5.56 Å². The summed E-state index contributed by atoms with van der Waals surface area (Å²) in [5.41, 5.74) is 1.57. The first-order valence-corrected chi connectivity index (χ1v) is 6.83. The van der Waals surface area contributed by atoms with Crippen molar-refractivity contribution >= 4 is 15.9 Å². The van der Waals surface area contributed by atoms with Crippen molar-refractivity contribution in [2.75, 3.05) is 6.61 Å². The van der Waals surface area contributed by atoms with Gasteiger partial charge in [-0.2, -0.15) is 0 Å². The average Bonchev–Trinajstić information content (AvgIpc) is 2.42. The van der Waals surface area contributed by atoms with Crippen molar-refractivity contribution in [1.29, 1.82) is 0 Å². The van der Waals surface area contributed by atoms with Crippen LogP contribution in [-0.2, 0) is 6.54 Å². The lowest BCUT2D eigenvalue weighted by Crippen LogP contribution is -2.24. The van der Waals surface area contributed by atoms with Gasteiger partial charge in [-0.1, -0.05) is 52.3 Å². The fourth-order valence-electron chi connectivity index (χ4n) is 1.89. The quantitative estimate of drug-likeness (QED) is 0.883. The number of nitrogens with one attached hydrogen (secondary N) is 1. The minimum atomic E-state index is -0.409. The smallest absolute Gasteiger partial charge is 0.129 e. The Hall–Kier alpha value is -1.23. The van der Waals surface area contributed by atoms with Crippen molar-refractivity contribution in [3.63, 3.8) is 0 Å². The number of hydrogen-bond donors (Lipinski definition) is 2. The van der Waals surface area contributed by atoms with Gasteiger partial charge in [-0.15, -0.1) is 0 Å². The predicted octanol–water partition coefficient (Wildman–Crippen LogP) is 3.41. The molecular formula is C15H15BrFNO. The number of hydrogen-bond acceptors (Lipinski definition) is 2. The maximum absolute atomic E-state index is 13.8. The molecule has 0 saturated heterocycles. The maximum atomic E-state index is 13.8. The second-order valence-electron chi connectivity index (χ2n) is 4.27. The normalized spacial score (nSPS) is 12.4. The molecule has 0 fully saturated rings. The summed E-state index contributed by atoms with van der Waals surface area (Å²) in [7, 11) is 0. The second kappa shape index (κ2) is 6.80. The molecule has 2 rings (SSSR count). The third kappa shape index (κ3) is 3.86. The Bertz CT molecular complexity index is 533. The van der Waals surface area contributed by atoms with Crippen LogP contribution in [0.15, 0.2) is 53.0 Å². The summed E-state index contributed by atoms with van der Waals surface area (Å²) < 4.78 is 14.5. The molecule has 0 spiro atoms. The van der Waals surface area contributed by atoms with Gasteiger partial charge in [0.05, 0.1) is 12.6 Å². The minimum Gasteiger partial charge on any atom is -0.394 e. The third-order valence-corrected chi connectivity index (χ3v) is 3.41. The molecule has 2 aromatic rings. The molecule has 0 saturated carbocycles. The van der Waals surface area contributed by atoms with Crippen molar-refractivity contribution in [2.45, 2.75) is 12.6 Å². The molecule has 0 aliphatic heterocycles. The summed E-state index contributed by atoms with van der Waals surface area (Å²) in [5, 5.41) is 12.6. The lowest BCUT2D eigenvalue weighted by molar-refractivity contribution is 0.240. The molecule has 1 unspecified atom stereocenters. The van der Waals surface area contributed by atoms with Crippen molar-refractivity contribution in [2.24, 2.45) is 0 Å². The van der Waals surface area contributed by atoms with E-state index in [0.29, 0.717) is 16.6 Å². The van der Waals surface area contributed by atoms with Gasteiger partial charge in [0.25, 0.3) is 0 Å². The fraction of sp³-hybridized carbons (Fsp3) is 0.200. The molecule has 0 bridgehead atoms. The molecule has 0 radical (unpaired) electrons. The standard InChI is InChI=1S/C15H15BrFNO/c16-12-6-7-13(14(17)8-12)15(10-19)18-9-11-4-2-1-3-5-11/h1-8,15,18-19H,9-10H2. The highest BCUT2D eigenvalue weighted by Crippen LogP contribution is 2.21. The Balaban J connectivity index is 2.08. The van der Waals surface area contributed by atoms with Crippen LogP contribution in [0.5, 0.6) is 0 Å². The Kier molecular flexibility index (Phi) is 5.07. The van der Waals surface area contributed by atoms with Crippen LogP contribution in [0.1, 0.15) is 17.2 Å². The number of aliphatic hydroxyl groups is 1. The molecule has 0 amide bonds. The summed E-state index contributed by atoms with van der Waals surface area (Å²) in [6.45, 7) is 0.437. The summed E-state index contributed by atoms with van der Waals surface area (Å²) in [5.74, 6) is -0.325. The molecule has 2 aromatic carbocycles. The van der Waals surface area contributed by atoms with Gasteiger partial charge in [0.15, 0.2) is 0 Å². The van der Waals surface area contributed by atoms with Gasteiger partial charge in [0.2, 0.25) is 0 Å². The number of rotatable bonds is 5. The van der Waals surface area contributed by atoms with Gasteiger partial charge in [-0.3, -0.25) is 0 Å². The molecule has 1 atom stereocenters. The Labute approximate surface area is 120 Å². The summed E-state index contributed by atoms with van der Waals surface area (Å²) in [6.07, 6.45) is 0. The van der Waals surface area contributed by atoms with E-state index in [9.17, 15) is 9.50 Å². The topological polar surface area (TPSA) is 32.3 Å². The lowest BCUT2D eigenvalue weighted by atomic mass is 10.1. The Morgan fingerprint density at radius 1 is 1.16 bits per heavy atom. The van der Waals surface area contributed by atoms with Crippen LogP contribution < -0.4 is 5.32 Å². The van der Waals surface area contributed by atoms with E-state index in [1.54, 1.807) is 12.1 Å². The molecule has 0 aliphatic carbocycles. The fourth-order valence-corrected chi connectivity index (χ4v) is 2.23. The van der Waals surface area contributed by atoms with E-state index in [1.165, 1.54) is 6.07 Å². The first-order valence-electron chi connectivity index (χ1n) is 6.04. The Morgan fingerprint density at radius 3 is 2.53 bits per heavy atom. The molecule has 0 aromatic heterocycles. The van der Waals surface area contributed by atoms with Gasteiger partial charge in [-0.25, -0.2) is 4.39 Å². The van der Waals surface area contributed by atoms with E-state index in [4.69, 9.17) is 0 Å². The van der Waals surface area contributed by atoms with Gasteiger partial charge >= 0.3 is 0 Å². The summed E-state index contributed by atoms with van der Waals surface area (Å²) in [6, 6.07) is 14.3. The second-order valence-corrected chi connectivity index (χ2v) is 5.18. The van der Waals surface area contributed by atoms with E-state index < -0.39 is 6.04 Å². The molecule has 100 valence electrons. The van der Waals surface area contributed by atoms with Crippen molar-refractivity contribution < 1.29 is 9.50 Å². The minimum absolute atomic E-state index is 0.147. The van der Waals surface area contributed by atoms with Crippen molar-refractivity contribution in [3.05, 3.63) is 69.9 Å². The highest BCUT2D eigenvalue weighted by atomic mass is 79.9. The molecule has 4 heteroatoms. The highest BCUT2D eigenvalue weighted by molar-refractivity contribution is 9.10. The number of benzene rings is 2. The van der Waals surface area contributed by atoms with Crippen LogP contribution in [-0.4, -0.2) is 11.7 Å². The zero-order chi connectivity index (χ0) is 13.7. The van der Waals surface area contributed by atoms with Crippen LogP contribution in [0, 0.1) is 5.82 Å². The molecule has 2 nitrogen and oxygen atoms in total. The third-order valence-electron chi connectivity index (χ3n) is 2.92. The van der Waals surface area contributed by atoms with Gasteiger partial charge in [0, 0.05) is 16.6 Å².